The lowest BCUT2D eigenvalue weighted by atomic mass is 9.92. The lowest BCUT2D eigenvalue weighted by molar-refractivity contribution is 0.114. The summed E-state index contributed by atoms with van der Waals surface area (Å²) in [4.78, 5) is 0. The van der Waals surface area contributed by atoms with Gasteiger partial charge in [-0.25, -0.2) is 8.78 Å². The first kappa shape index (κ1) is 13.4. The van der Waals surface area contributed by atoms with Gasteiger partial charge in [-0.1, -0.05) is 6.07 Å². The van der Waals surface area contributed by atoms with Gasteiger partial charge in [0.15, 0.2) is 11.6 Å². The normalized spacial score (nSPS) is 26.0. The minimum atomic E-state index is -0.813. The maximum Gasteiger partial charge on any atom is 0.159 e. The van der Waals surface area contributed by atoms with E-state index in [-0.39, 0.29) is 12.1 Å². The summed E-state index contributed by atoms with van der Waals surface area (Å²) < 4.78 is 26.0. The molecule has 18 heavy (non-hydrogen) atoms. The second-order valence-electron chi connectivity index (χ2n) is 5.07. The van der Waals surface area contributed by atoms with Crippen LogP contribution in [-0.2, 0) is 0 Å². The number of nitrogens with one attached hydrogen (secondary N) is 1. The summed E-state index contributed by atoms with van der Waals surface area (Å²) in [5.41, 5.74) is 0.750. The van der Waals surface area contributed by atoms with E-state index in [0.29, 0.717) is 6.04 Å². The number of benzene rings is 1. The molecule has 0 bridgehead atoms. The van der Waals surface area contributed by atoms with Gasteiger partial charge in [0, 0.05) is 12.1 Å². The van der Waals surface area contributed by atoms with Gasteiger partial charge in [0.1, 0.15) is 0 Å². The Morgan fingerprint density at radius 1 is 1.17 bits per heavy atom. The van der Waals surface area contributed by atoms with Crippen molar-refractivity contribution in [1.82, 2.24) is 5.32 Å². The second-order valence-corrected chi connectivity index (χ2v) is 5.07. The van der Waals surface area contributed by atoms with Crippen molar-refractivity contribution < 1.29 is 13.9 Å². The van der Waals surface area contributed by atoms with Gasteiger partial charge >= 0.3 is 0 Å². The molecule has 1 aromatic carbocycles. The van der Waals surface area contributed by atoms with E-state index in [1.807, 2.05) is 6.92 Å². The Hall–Kier alpha value is -1.00. The second kappa shape index (κ2) is 5.76. The molecule has 1 atom stereocenters. The number of hydrogen-bond donors (Lipinski definition) is 2. The molecule has 0 aliphatic heterocycles. The van der Waals surface area contributed by atoms with Crippen molar-refractivity contribution in [3.63, 3.8) is 0 Å². The molecule has 0 radical (unpaired) electrons. The Labute approximate surface area is 106 Å². The molecule has 1 aliphatic rings. The number of rotatable bonds is 3. The molecule has 0 amide bonds. The zero-order valence-electron chi connectivity index (χ0n) is 10.5. The average Bonchev–Trinajstić information content (AvgIpc) is 2.35. The Morgan fingerprint density at radius 3 is 2.44 bits per heavy atom. The van der Waals surface area contributed by atoms with Crippen molar-refractivity contribution in [2.24, 2.45) is 0 Å². The van der Waals surface area contributed by atoms with E-state index in [2.05, 4.69) is 5.32 Å². The standard InChI is InChI=1S/C14H19F2NO/c1-9(10-2-7-13(15)14(16)8-10)17-11-3-5-12(18)6-4-11/h2,7-9,11-12,17-18H,3-6H2,1H3. The van der Waals surface area contributed by atoms with Crippen LogP contribution < -0.4 is 5.32 Å². The van der Waals surface area contributed by atoms with Gasteiger partial charge in [-0.05, 0) is 50.3 Å². The fourth-order valence-corrected chi connectivity index (χ4v) is 2.47. The van der Waals surface area contributed by atoms with Crippen LogP contribution in [0.1, 0.15) is 44.2 Å². The minimum absolute atomic E-state index is 0.0136. The van der Waals surface area contributed by atoms with Gasteiger partial charge in [0.2, 0.25) is 0 Å². The third kappa shape index (κ3) is 3.27. The lowest BCUT2D eigenvalue weighted by Gasteiger charge is -2.29. The lowest BCUT2D eigenvalue weighted by Crippen LogP contribution is -2.36. The van der Waals surface area contributed by atoms with Crippen LogP contribution in [0.3, 0.4) is 0 Å². The van der Waals surface area contributed by atoms with Crippen LogP contribution >= 0.6 is 0 Å². The number of aliphatic hydroxyl groups is 1. The van der Waals surface area contributed by atoms with Crippen molar-refractivity contribution in [1.29, 1.82) is 0 Å². The van der Waals surface area contributed by atoms with E-state index < -0.39 is 11.6 Å². The summed E-state index contributed by atoms with van der Waals surface area (Å²) in [5, 5.41) is 12.8. The monoisotopic (exact) mass is 255 g/mol. The minimum Gasteiger partial charge on any atom is -0.393 e. The molecule has 4 heteroatoms. The van der Waals surface area contributed by atoms with E-state index in [9.17, 15) is 13.9 Å². The van der Waals surface area contributed by atoms with Gasteiger partial charge < -0.3 is 10.4 Å². The highest BCUT2D eigenvalue weighted by Gasteiger charge is 2.21. The molecule has 0 aromatic heterocycles. The molecule has 0 heterocycles. The summed E-state index contributed by atoms with van der Waals surface area (Å²) in [5.74, 6) is -1.62. The van der Waals surface area contributed by atoms with Crippen molar-refractivity contribution in [3.8, 4) is 0 Å². The molecule has 1 saturated carbocycles. The third-order valence-electron chi connectivity index (χ3n) is 3.63. The van der Waals surface area contributed by atoms with Crippen LogP contribution in [0.2, 0.25) is 0 Å². The van der Waals surface area contributed by atoms with Crippen molar-refractivity contribution in [2.75, 3.05) is 0 Å². The first-order valence-electron chi connectivity index (χ1n) is 6.45. The topological polar surface area (TPSA) is 32.3 Å². The van der Waals surface area contributed by atoms with Gasteiger partial charge in [-0.2, -0.15) is 0 Å². The fourth-order valence-electron chi connectivity index (χ4n) is 2.47. The molecule has 1 aliphatic carbocycles. The van der Waals surface area contributed by atoms with E-state index in [0.717, 1.165) is 37.3 Å². The molecule has 2 nitrogen and oxygen atoms in total. The maximum atomic E-state index is 13.1. The highest BCUT2D eigenvalue weighted by Crippen LogP contribution is 2.22. The van der Waals surface area contributed by atoms with Gasteiger partial charge in [-0.3, -0.25) is 0 Å². The van der Waals surface area contributed by atoms with Crippen molar-refractivity contribution >= 4 is 0 Å². The molecule has 0 spiro atoms. The SMILES string of the molecule is CC(NC1CCC(O)CC1)c1ccc(F)c(F)c1. The molecule has 100 valence electrons. The predicted molar refractivity (Wildman–Crippen MR) is 66.2 cm³/mol. The van der Waals surface area contributed by atoms with E-state index in [1.165, 1.54) is 6.07 Å². The van der Waals surface area contributed by atoms with Crippen molar-refractivity contribution in [2.45, 2.75) is 50.8 Å². The van der Waals surface area contributed by atoms with E-state index >= 15 is 0 Å². The number of aliphatic hydroxyl groups excluding tert-OH is 1. The molecule has 1 unspecified atom stereocenters. The molecule has 2 N–H and O–H groups in total. The highest BCUT2D eigenvalue weighted by molar-refractivity contribution is 5.20. The summed E-state index contributed by atoms with van der Waals surface area (Å²) in [6.07, 6.45) is 3.29. The quantitative estimate of drug-likeness (QED) is 0.870. The Kier molecular flexibility index (Phi) is 4.30. The summed E-state index contributed by atoms with van der Waals surface area (Å²) in [6, 6.07) is 4.34. The van der Waals surface area contributed by atoms with Crippen LogP contribution in [-0.4, -0.2) is 17.3 Å². The average molecular weight is 255 g/mol. The van der Waals surface area contributed by atoms with Crippen molar-refractivity contribution in [3.05, 3.63) is 35.4 Å². The first-order chi connectivity index (χ1) is 8.56. The first-order valence-corrected chi connectivity index (χ1v) is 6.45. The summed E-state index contributed by atoms with van der Waals surface area (Å²) in [6.45, 7) is 1.94. The number of hydrogen-bond acceptors (Lipinski definition) is 2. The highest BCUT2D eigenvalue weighted by atomic mass is 19.2. The van der Waals surface area contributed by atoms with Crippen LogP contribution in [0.4, 0.5) is 8.78 Å². The summed E-state index contributed by atoms with van der Waals surface area (Å²) >= 11 is 0. The fraction of sp³-hybridized carbons (Fsp3) is 0.571. The zero-order chi connectivity index (χ0) is 13.1. The van der Waals surface area contributed by atoms with Gasteiger partial charge in [-0.15, -0.1) is 0 Å². The van der Waals surface area contributed by atoms with E-state index in [4.69, 9.17) is 0 Å². The van der Waals surface area contributed by atoms with Gasteiger partial charge in [0.25, 0.3) is 0 Å². The Balaban J connectivity index is 1.94. The molecular weight excluding hydrogens is 236 g/mol. The molecule has 1 aromatic rings. The molecule has 2 rings (SSSR count). The third-order valence-corrected chi connectivity index (χ3v) is 3.63. The van der Waals surface area contributed by atoms with Crippen LogP contribution in [0.15, 0.2) is 18.2 Å². The predicted octanol–water partition coefficient (Wildman–Crippen LogP) is 2.92. The smallest absolute Gasteiger partial charge is 0.159 e. The zero-order valence-corrected chi connectivity index (χ0v) is 10.5. The van der Waals surface area contributed by atoms with Gasteiger partial charge in [0.05, 0.1) is 6.10 Å². The molecule has 1 fully saturated rings. The maximum absolute atomic E-state index is 13.1. The molecule has 0 saturated heterocycles. The Morgan fingerprint density at radius 2 is 1.83 bits per heavy atom. The van der Waals surface area contributed by atoms with Crippen LogP contribution in [0, 0.1) is 11.6 Å². The number of halogens is 2. The largest absolute Gasteiger partial charge is 0.393 e. The van der Waals surface area contributed by atoms with Crippen LogP contribution in [0.25, 0.3) is 0 Å². The van der Waals surface area contributed by atoms with E-state index in [1.54, 1.807) is 6.07 Å². The molecular formula is C14H19F2NO. The Bertz CT molecular complexity index is 403. The summed E-state index contributed by atoms with van der Waals surface area (Å²) in [7, 11) is 0. The van der Waals surface area contributed by atoms with Crippen LogP contribution in [0.5, 0.6) is 0 Å².